The molecule has 16 heavy (non-hydrogen) atoms. The number of ether oxygens (including phenoxy) is 1. The Morgan fingerprint density at radius 2 is 2.44 bits per heavy atom. The Balaban J connectivity index is 1.96. The average Bonchev–Trinajstić information content (AvgIpc) is 2.74. The van der Waals surface area contributed by atoms with Crippen LogP contribution in [0.5, 0.6) is 0 Å². The van der Waals surface area contributed by atoms with Gasteiger partial charge in [0.15, 0.2) is 0 Å². The number of nitrogens with one attached hydrogen (secondary N) is 3. The van der Waals surface area contributed by atoms with Crippen molar-refractivity contribution in [3.8, 4) is 0 Å². The minimum Gasteiger partial charge on any atom is -0.380 e. The van der Waals surface area contributed by atoms with Crippen LogP contribution in [0.2, 0.25) is 0 Å². The SMILES string of the molecule is CNCCNC(=O)[C@]12CNC[C@H]1CCOC2. The van der Waals surface area contributed by atoms with Gasteiger partial charge in [-0.25, -0.2) is 0 Å². The number of amides is 1. The van der Waals surface area contributed by atoms with Crippen molar-refractivity contribution in [2.45, 2.75) is 6.42 Å². The molecule has 3 N–H and O–H groups in total. The zero-order chi connectivity index (χ0) is 11.4. The third-order valence-electron chi connectivity index (χ3n) is 3.70. The van der Waals surface area contributed by atoms with Crippen molar-refractivity contribution in [2.24, 2.45) is 11.3 Å². The summed E-state index contributed by atoms with van der Waals surface area (Å²) in [6.07, 6.45) is 0.993. The van der Waals surface area contributed by atoms with Crippen molar-refractivity contribution in [2.75, 3.05) is 46.4 Å². The van der Waals surface area contributed by atoms with Gasteiger partial charge >= 0.3 is 0 Å². The zero-order valence-corrected chi connectivity index (χ0v) is 9.84. The van der Waals surface area contributed by atoms with Crippen LogP contribution in [-0.4, -0.2) is 52.3 Å². The molecule has 92 valence electrons. The highest BCUT2D eigenvalue weighted by Crippen LogP contribution is 2.37. The molecule has 0 unspecified atom stereocenters. The number of hydrogen-bond acceptors (Lipinski definition) is 4. The first-order chi connectivity index (χ1) is 7.79. The topological polar surface area (TPSA) is 62.4 Å². The molecule has 1 amide bonds. The molecule has 0 saturated carbocycles. The number of carbonyl (C=O) groups excluding carboxylic acids is 1. The molecule has 2 fully saturated rings. The smallest absolute Gasteiger partial charge is 0.230 e. The third kappa shape index (κ3) is 2.07. The summed E-state index contributed by atoms with van der Waals surface area (Å²) in [6, 6.07) is 0. The normalized spacial score (nSPS) is 33.4. The van der Waals surface area contributed by atoms with Crippen molar-refractivity contribution < 1.29 is 9.53 Å². The van der Waals surface area contributed by atoms with Crippen molar-refractivity contribution in [1.29, 1.82) is 0 Å². The second-order valence-corrected chi connectivity index (χ2v) is 4.68. The summed E-state index contributed by atoms with van der Waals surface area (Å²) >= 11 is 0. The van der Waals surface area contributed by atoms with E-state index < -0.39 is 0 Å². The molecule has 5 heteroatoms. The van der Waals surface area contributed by atoms with E-state index in [4.69, 9.17) is 4.74 Å². The lowest BCUT2D eigenvalue weighted by Gasteiger charge is -2.36. The molecule has 0 aliphatic carbocycles. The third-order valence-corrected chi connectivity index (χ3v) is 3.70. The Morgan fingerprint density at radius 1 is 1.56 bits per heavy atom. The maximum absolute atomic E-state index is 12.2. The predicted molar refractivity (Wildman–Crippen MR) is 61.2 cm³/mol. The van der Waals surface area contributed by atoms with E-state index in [1.54, 1.807) is 0 Å². The number of hydrogen-bond donors (Lipinski definition) is 3. The highest BCUT2D eigenvalue weighted by Gasteiger charge is 2.50. The first-order valence-electron chi connectivity index (χ1n) is 6.01. The predicted octanol–water partition coefficient (Wildman–Crippen LogP) is -1.05. The van der Waals surface area contributed by atoms with E-state index in [0.29, 0.717) is 19.1 Å². The summed E-state index contributed by atoms with van der Waals surface area (Å²) in [4.78, 5) is 12.2. The molecule has 2 aliphatic heterocycles. The van der Waals surface area contributed by atoms with Crippen molar-refractivity contribution in [1.82, 2.24) is 16.0 Å². The van der Waals surface area contributed by atoms with Crippen LogP contribution in [0.4, 0.5) is 0 Å². The van der Waals surface area contributed by atoms with Gasteiger partial charge < -0.3 is 20.7 Å². The van der Waals surface area contributed by atoms with Crippen LogP contribution in [0.1, 0.15) is 6.42 Å². The quantitative estimate of drug-likeness (QED) is 0.536. The Bertz CT molecular complexity index is 260. The summed E-state index contributed by atoms with van der Waals surface area (Å²) in [6.45, 7) is 4.55. The molecule has 0 aromatic rings. The maximum Gasteiger partial charge on any atom is 0.230 e. The lowest BCUT2D eigenvalue weighted by atomic mass is 9.75. The molecule has 2 saturated heterocycles. The van der Waals surface area contributed by atoms with Crippen molar-refractivity contribution in [3.63, 3.8) is 0 Å². The van der Waals surface area contributed by atoms with Gasteiger partial charge in [-0.1, -0.05) is 0 Å². The second-order valence-electron chi connectivity index (χ2n) is 4.68. The molecule has 2 heterocycles. The fraction of sp³-hybridized carbons (Fsp3) is 0.909. The first-order valence-corrected chi connectivity index (χ1v) is 6.01. The lowest BCUT2D eigenvalue weighted by molar-refractivity contribution is -0.141. The molecule has 0 bridgehead atoms. The molecule has 0 aromatic heterocycles. The van der Waals surface area contributed by atoms with Crippen LogP contribution in [0.3, 0.4) is 0 Å². The van der Waals surface area contributed by atoms with Crippen molar-refractivity contribution >= 4 is 5.91 Å². The van der Waals surface area contributed by atoms with Crippen LogP contribution >= 0.6 is 0 Å². The fourth-order valence-electron chi connectivity index (χ4n) is 2.64. The van der Waals surface area contributed by atoms with Crippen LogP contribution < -0.4 is 16.0 Å². The second kappa shape index (κ2) is 5.12. The highest BCUT2D eigenvalue weighted by atomic mass is 16.5. The first kappa shape index (κ1) is 11.8. The highest BCUT2D eigenvalue weighted by molar-refractivity contribution is 5.84. The monoisotopic (exact) mass is 227 g/mol. The summed E-state index contributed by atoms with van der Waals surface area (Å²) in [5.74, 6) is 0.591. The van der Waals surface area contributed by atoms with Crippen LogP contribution in [0.25, 0.3) is 0 Å². The Kier molecular flexibility index (Phi) is 3.78. The summed E-state index contributed by atoms with van der Waals surface area (Å²) in [5.41, 5.74) is -0.314. The van der Waals surface area contributed by atoms with E-state index in [1.807, 2.05) is 7.05 Å². The van der Waals surface area contributed by atoms with Crippen LogP contribution in [0, 0.1) is 11.3 Å². The molecule has 2 rings (SSSR count). The average molecular weight is 227 g/mol. The Hall–Kier alpha value is -0.650. The van der Waals surface area contributed by atoms with Gasteiger partial charge in [0.1, 0.15) is 0 Å². The summed E-state index contributed by atoms with van der Waals surface area (Å²) in [7, 11) is 1.88. The van der Waals surface area contributed by atoms with Gasteiger partial charge in [-0.05, 0) is 25.9 Å². The van der Waals surface area contributed by atoms with Gasteiger partial charge in [0.25, 0.3) is 0 Å². The fourth-order valence-corrected chi connectivity index (χ4v) is 2.64. The Morgan fingerprint density at radius 3 is 3.25 bits per heavy atom. The minimum absolute atomic E-state index is 0.150. The number of fused-ring (bicyclic) bond motifs is 1. The summed E-state index contributed by atoms with van der Waals surface area (Å²) in [5, 5.41) is 9.34. The molecule has 0 radical (unpaired) electrons. The van der Waals surface area contributed by atoms with Gasteiger partial charge in [0.2, 0.25) is 5.91 Å². The van der Waals surface area contributed by atoms with Gasteiger partial charge in [-0.2, -0.15) is 0 Å². The number of carbonyl (C=O) groups is 1. The molecule has 5 nitrogen and oxygen atoms in total. The van der Waals surface area contributed by atoms with Crippen LogP contribution in [-0.2, 0) is 9.53 Å². The van der Waals surface area contributed by atoms with E-state index in [1.165, 1.54) is 0 Å². The minimum atomic E-state index is -0.314. The van der Waals surface area contributed by atoms with Crippen LogP contribution in [0.15, 0.2) is 0 Å². The van der Waals surface area contributed by atoms with Gasteiger partial charge in [0, 0.05) is 26.2 Å². The van der Waals surface area contributed by atoms with Gasteiger partial charge in [0.05, 0.1) is 12.0 Å². The maximum atomic E-state index is 12.2. The molecule has 0 aromatic carbocycles. The standard InChI is InChI=1S/C11H21N3O2/c1-12-3-4-14-10(15)11-7-13-6-9(11)2-5-16-8-11/h9,12-13H,2-8H2,1H3,(H,14,15)/t9-,11+/m1/s1. The lowest BCUT2D eigenvalue weighted by Crippen LogP contribution is -2.52. The van der Waals surface area contributed by atoms with E-state index in [9.17, 15) is 4.79 Å². The molecular weight excluding hydrogens is 206 g/mol. The van der Waals surface area contributed by atoms with Crippen molar-refractivity contribution in [3.05, 3.63) is 0 Å². The van der Waals surface area contributed by atoms with E-state index in [2.05, 4.69) is 16.0 Å². The molecule has 0 spiro atoms. The number of likely N-dealkylation sites (N-methyl/N-ethyl adjacent to an activating group) is 1. The summed E-state index contributed by atoms with van der Waals surface area (Å²) < 4.78 is 5.50. The Labute approximate surface area is 96.3 Å². The molecule has 2 aliphatic rings. The van der Waals surface area contributed by atoms with Gasteiger partial charge in [-0.3, -0.25) is 4.79 Å². The molecule has 2 atom stereocenters. The number of rotatable bonds is 4. The van der Waals surface area contributed by atoms with Gasteiger partial charge in [-0.15, -0.1) is 0 Å². The van der Waals surface area contributed by atoms with E-state index >= 15 is 0 Å². The van der Waals surface area contributed by atoms with E-state index in [-0.39, 0.29) is 11.3 Å². The molecular formula is C11H21N3O2. The zero-order valence-electron chi connectivity index (χ0n) is 9.84. The largest absolute Gasteiger partial charge is 0.380 e. The van der Waals surface area contributed by atoms with E-state index in [0.717, 1.165) is 32.7 Å².